The summed E-state index contributed by atoms with van der Waals surface area (Å²) in [6, 6.07) is 11.9. The fourth-order valence-electron chi connectivity index (χ4n) is 3.52. The smallest absolute Gasteiger partial charge is 0.260 e. The first kappa shape index (κ1) is 23.6. The molecular formula is C25H29N3O6. The summed E-state index contributed by atoms with van der Waals surface area (Å²) in [5.74, 6) is 0.140. The largest absolute Gasteiger partial charge is 0.490 e. The zero-order valence-electron chi connectivity index (χ0n) is 19.2. The first-order valence-electron chi connectivity index (χ1n) is 11.5. The molecular weight excluding hydrogens is 438 g/mol. The summed E-state index contributed by atoms with van der Waals surface area (Å²) in [5.41, 5.74) is 1.37. The second-order valence-corrected chi connectivity index (χ2v) is 8.16. The lowest BCUT2D eigenvalue weighted by atomic mass is 10.1. The zero-order chi connectivity index (χ0) is 23.9. The molecule has 3 amide bonds. The van der Waals surface area contributed by atoms with Crippen LogP contribution in [0.3, 0.4) is 0 Å². The van der Waals surface area contributed by atoms with Crippen LogP contribution < -0.4 is 20.1 Å². The van der Waals surface area contributed by atoms with Crippen LogP contribution in [0.4, 0.5) is 5.69 Å². The van der Waals surface area contributed by atoms with Gasteiger partial charge in [-0.2, -0.15) is 0 Å². The molecule has 2 aromatic carbocycles. The lowest BCUT2D eigenvalue weighted by Gasteiger charge is -2.26. The molecule has 0 aromatic heterocycles. The van der Waals surface area contributed by atoms with Gasteiger partial charge in [-0.3, -0.25) is 14.4 Å². The van der Waals surface area contributed by atoms with Crippen molar-refractivity contribution >= 4 is 23.4 Å². The number of amides is 3. The van der Waals surface area contributed by atoms with Crippen molar-refractivity contribution in [3.8, 4) is 11.5 Å². The van der Waals surface area contributed by atoms with Crippen LogP contribution in [0.1, 0.15) is 40.5 Å². The van der Waals surface area contributed by atoms with E-state index in [0.29, 0.717) is 61.2 Å². The molecule has 1 aliphatic carbocycles. The van der Waals surface area contributed by atoms with Gasteiger partial charge < -0.3 is 29.7 Å². The number of anilines is 1. The van der Waals surface area contributed by atoms with E-state index in [1.165, 1.54) is 0 Å². The Labute approximate surface area is 198 Å². The van der Waals surface area contributed by atoms with Crippen molar-refractivity contribution in [2.75, 3.05) is 44.8 Å². The molecule has 180 valence electrons. The summed E-state index contributed by atoms with van der Waals surface area (Å²) in [4.78, 5) is 39.2. The van der Waals surface area contributed by atoms with E-state index in [9.17, 15) is 14.4 Å². The van der Waals surface area contributed by atoms with Crippen LogP contribution in [0.2, 0.25) is 0 Å². The number of nitrogens with one attached hydrogen (secondary N) is 2. The highest BCUT2D eigenvalue weighted by Crippen LogP contribution is 2.29. The first-order valence-corrected chi connectivity index (χ1v) is 11.5. The summed E-state index contributed by atoms with van der Waals surface area (Å²) in [7, 11) is 0. The highest BCUT2D eigenvalue weighted by molar-refractivity contribution is 6.05. The minimum Gasteiger partial charge on any atom is -0.490 e. The number of hydrogen-bond acceptors (Lipinski definition) is 6. The van der Waals surface area contributed by atoms with Crippen molar-refractivity contribution in [2.45, 2.75) is 25.8 Å². The number of morpholine rings is 1. The highest BCUT2D eigenvalue weighted by atomic mass is 16.5. The standard InChI is InChI=1S/C25H29N3O6/c1-2-33-22-15-18(6-9-21(22)34-16-23(29)28-10-12-32-13-11-28)25(31)27-20-5-3-4-17(14-20)24(30)26-19-7-8-19/h3-6,9,14-15,19H,2,7-8,10-13,16H2,1H3,(H,26,30)(H,27,31). The van der Waals surface area contributed by atoms with Crippen LogP contribution in [0, 0.1) is 0 Å². The summed E-state index contributed by atoms with van der Waals surface area (Å²) >= 11 is 0. The molecule has 2 aliphatic rings. The average molecular weight is 468 g/mol. The molecule has 1 saturated carbocycles. The van der Waals surface area contributed by atoms with Crippen LogP contribution in [-0.4, -0.2) is 68.2 Å². The van der Waals surface area contributed by atoms with E-state index < -0.39 is 0 Å². The third kappa shape index (κ3) is 6.26. The van der Waals surface area contributed by atoms with Crippen molar-refractivity contribution in [1.82, 2.24) is 10.2 Å². The molecule has 2 N–H and O–H groups in total. The number of hydrogen-bond donors (Lipinski definition) is 2. The minimum atomic E-state index is -0.350. The Hall–Kier alpha value is -3.59. The van der Waals surface area contributed by atoms with Crippen molar-refractivity contribution in [2.24, 2.45) is 0 Å². The van der Waals surface area contributed by atoms with E-state index in [4.69, 9.17) is 14.2 Å². The van der Waals surface area contributed by atoms with Gasteiger partial charge in [0.15, 0.2) is 18.1 Å². The summed E-state index contributed by atoms with van der Waals surface area (Å²) in [5, 5.41) is 5.75. The number of carbonyl (C=O) groups is 3. The quantitative estimate of drug-likeness (QED) is 0.587. The topological polar surface area (TPSA) is 106 Å². The van der Waals surface area contributed by atoms with Crippen LogP contribution in [-0.2, 0) is 9.53 Å². The van der Waals surface area contributed by atoms with E-state index in [1.807, 2.05) is 6.92 Å². The molecule has 0 radical (unpaired) electrons. The molecule has 1 saturated heterocycles. The fraction of sp³-hybridized carbons (Fsp3) is 0.400. The Kier molecular flexibility index (Phi) is 7.64. The van der Waals surface area contributed by atoms with Gasteiger partial charge in [-0.1, -0.05) is 6.07 Å². The predicted molar refractivity (Wildman–Crippen MR) is 125 cm³/mol. The van der Waals surface area contributed by atoms with Gasteiger partial charge in [0.25, 0.3) is 17.7 Å². The molecule has 2 fully saturated rings. The Morgan fingerprint density at radius 1 is 0.971 bits per heavy atom. The molecule has 0 atom stereocenters. The van der Waals surface area contributed by atoms with Crippen molar-refractivity contribution < 1.29 is 28.6 Å². The van der Waals surface area contributed by atoms with Crippen LogP contribution in [0.5, 0.6) is 11.5 Å². The maximum Gasteiger partial charge on any atom is 0.260 e. The molecule has 1 aliphatic heterocycles. The van der Waals surface area contributed by atoms with E-state index in [2.05, 4.69) is 10.6 Å². The van der Waals surface area contributed by atoms with Crippen molar-refractivity contribution in [1.29, 1.82) is 0 Å². The first-order chi connectivity index (χ1) is 16.5. The summed E-state index contributed by atoms with van der Waals surface area (Å²) in [6.07, 6.45) is 2.01. The van der Waals surface area contributed by atoms with E-state index in [1.54, 1.807) is 47.4 Å². The summed E-state index contributed by atoms with van der Waals surface area (Å²) < 4.78 is 16.6. The van der Waals surface area contributed by atoms with Crippen molar-refractivity contribution in [3.63, 3.8) is 0 Å². The second-order valence-electron chi connectivity index (χ2n) is 8.16. The Balaban J connectivity index is 1.40. The number of nitrogens with zero attached hydrogens (tertiary/aromatic N) is 1. The normalized spacial score (nSPS) is 15.4. The lowest BCUT2D eigenvalue weighted by Crippen LogP contribution is -2.43. The van der Waals surface area contributed by atoms with E-state index >= 15 is 0 Å². The van der Waals surface area contributed by atoms with Crippen LogP contribution >= 0.6 is 0 Å². The molecule has 4 rings (SSSR count). The molecule has 2 aromatic rings. The number of carbonyl (C=O) groups excluding carboxylic acids is 3. The zero-order valence-corrected chi connectivity index (χ0v) is 19.2. The monoisotopic (exact) mass is 467 g/mol. The van der Waals surface area contributed by atoms with Gasteiger partial charge in [-0.25, -0.2) is 0 Å². The van der Waals surface area contributed by atoms with Gasteiger partial charge in [0.2, 0.25) is 0 Å². The maximum absolute atomic E-state index is 12.8. The van der Waals surface area contributed by atoms with Crippen molar-refractivity contribution in [3.05, 3.63) is 53.6 Å². The number of rotatable bonds is 9. The van der Waals surface area contributed by atoms with E-state index in [-0.39, 0.29) is 30.4 Å². The Morgan fingerprint density at radius 2 is 1.74 bits per heavy atom. The van der Waals surface area contributed by atoms with Gasteiger partial charge in [-0.15, -0.1) is 0 Å². The predicted octanol–water partition coefficient (Wildman–Crippen LogP) is 2.47. The third-order valence-electron chi connectivity index (χ3n) is 5.52. The molecule has 1 heterocycles. The molecule has 0 unspecified atom stereocenters. The highest BCUT2D eigenvalue weighted by Gasteiger charge is 2.24. The summed E-state index contributed by atoms with van der Waals surface area (Å²) in [6.45, 7) is 4.21. The average Bonchev–Trinajstić information content (AvgIpc) is 3.68. The van der Waals surface area contributed by atoms with Gasteiger partial charge in [0.1, 0.15) is 0 Å². The SMILES string of the molecule is CCOc1cc(C(=O)Nc2cccc(C(=O)NC3CC3)c2)ccc1OCC(=O)N1CCOCC1. The van der Waals surface area contributed by atoms with E-state index in [0.717, 1.165) is 12.8 Å². The molecule has 0 spiro atoms. The number of ether oxygens (including phenoxy) is 3. The van der Waals surface area contributed by atoms with Gasteiger partial charge >= 0.3 is 0 Å². The molecule has 34 heavy (non-hydrogen) atoms. The van der Waals surface area contributed by atoms with Gasteiger partial charge in [-0.05, 0) is 56.2 Å². The fourth-order valence-corrected chi connectivity index (χ4v) is 3.52. The Morgan fingerprint density at radius 3 is 2.47 bits per heavy atom. The Bertz CT molecular complexity index is 1050. The lowest BCUT2D eigenvalue weighted by molar-refractivity contribution is -0.137. The second kappa shape index (κ2) is 11.0. The van der Waals surface area contributed by atoms with Crippen LogP contribution in [0.25, 0.3) is 0 Å². The molecule has 0 bridgehead atoms. The van der Waals surface area contributed by atoms with Gasteiger partial charge in [0, 0.05) is 35.9 Å². The van der Waals surface area contributed by atoms with Crippen LogP contribution in [0.15, 0.2) is 42.5 Å². The molecule has 9 nitrogen and oxygen atoms in total. The maximum atomic E-state index is 12.8. The minimum absolute atomic E-state index is 0.124. The molecule has 9 heteroatoms. The third-order valence-corrected chi connectivity index (χ3v) is 5.52. The van der Waals surface area contributed by atoms with Gasteiger partial charge in [0.05, 0.1) is 19.8 Å². The number of benzene rings is 2.